The molecule has 0 bridgehead atoms. The molecule has 3 aromatic rings. The standard InChI is InChI=1S/C24H15Cl3N2O6/c1-33-21-10-14(8-19(27)22(21)34-12-13-2-5-16(6-3-13)29(31)32)9-20-24(30)35-23(28-20)17-7-4-15(25)11-18(17)26/h2-11H,12H2,1H3/b20-9-. The molecule has 0 saturated heterocycles. The maximum atomic E-state index is 12.4. The summed E-state index contributed by atoms with van der Waals surface area (Å²) in [4.78, 5) is 26.9. The van der Waals surface area contributed by atoms with E-state index in [1.54, 1.807) is 36.4 Å². The van der Waals surface area contributed by atoms with Crippen LogP contribution in [-0.2, 0) is 16.1 Å². The Hall–Kier alpha value is -3.59. The molecule has 8 nitrogen and oxygen atoms in total. The number of benzene rings is 3. The first-order chi connectivity index (χ1) is 16.7. The topological polar surface area (TPSA) is 100 Å². The highest BCUT2D eigenvalue weighted by molar-refractivity contribution is 6.37. The average Bonchev–Trinajstić information content (AvgIpc) is 3.17. The fourth-order valence-electron chi connectivity index (χ4n) is 3.18. The van der Waals surface area contributed by atoms with E-state index in [0.29, 0.717) is 32.5 Å². The van der Waals surface area contributed by atoms with Gasteiger partial charge in [0, 0.05) is 17.2 Å². The molecule has 1 heterocycles. The SMILES string of the molecule is COc1cc(/C=C2\N=C(c3ccc(Cl)cc3Cl)OC2=O)cc(Cl)c1OCc1ccc([N+](=O)[O-])cc1. The number of rotatable bonds is 7. The maximum Gasteiger partial charge on any atom is 0.363 e. The van der Waals surface area contributed by atoms with Crippen molar-refractivity contribution in [3.05, 3.63) is 102 Å². The lowest BCUT2D eigenvalue weighted by molar-refractivity contribution is -0.384. The molecular formula is C24H15Cl3N2O6. The number of carbonyl (C=O) groups excluding carboxylic acids is 1. The monoisotopic (exact) mass is 532 g/mol. The fourth-order valence-corrected chi connectivity index (χ4v) is 3.94. The van der Waals surface area contributed by atoms with Crippen molar-refractivity contribution in [3.8, 4) is 11.5 Å². The normalized spacial score (nSPS) is 14.0. The lowest BCUT2D eigenvalue weighted by Crippen LogP contribution is -2.05. The first-order valence-electron chi connectivity index (χ1n) is 9.97. The molecular weight excluding hydrogens is 519 g/mol. The van der Waals surface area contributed by atoms with E-state index in [1.165, 1.54) is 31.4 Å². The largest absolute Gasteiger partial charge is 0.493 e. The van der Waals surface area contributed by atoms with E-state index in [9.17, 15) is 14.9 Å². The van der Waals surface area contributed by atoms with Crippen molar-refractivity contribution in [2.75, 3.05) is 7.11 Å². The molecule has 0 fully saturated rings. The number of nitro benzene ring substituents is 1. The van der Waals surface area contributed by atoms with Gasteiger partial charge in [-0.25, -0.2) is 9.79 Å². The number of cyclic esters (lactones) is 1. The summed E-state index contributed by atoms with van der Waals surface area (Å²) >= 11 is 18.5. The van der Waals surface area contributed by atoms with E-state index in [1.807, 2.05) is 0 Å². The number of carbonyl (C=O) groups is 1. The summed E-state index contributed by atoms with van der Waals surface area (Å²) in [7, 11) is 1.45. The van der Waals surface area contributed by atoms with Crippen LogP contribution in [0.4, 0.5) is 5.69 Å². The van der Waals surface area contributed by atoms with Gasteiger partial charge in [-0.2, -0.15) is 0 Å². The zero-order valence-corrected chi connectivity index (χ0v) is 20.2. The number of non-ortho nitro benzene ring substituents is 1. The Labute approximate surface area is 214 Å². The number of hydrogen-bond acceptors (Lipinski definition) is 7. The summed E-state index contributed by atoms with van der Waals surface area (Å²) in [5, 5.41) is 11.8. The van der Waals surface area contributed by atoms with Crippen LogP contribution in [0.3, 0.4) is 0 Å². The Morgan fingerprint density at radius 3 is 2.46 bits per heavy atom. The summed E-state index contributed by atoms with van der Waals surface area (Å²) in [5.74, 6) is 0.00649. The van der Waals surface area contributed by atoms with Crippen LogP contribution in [-0.4, -0.2) is 23.9 Å². The van der Waals surface area contributed by atoms with Gasteiger partial charge in [-0.05, 0) is 59.7 Å². The lowest BCUT2D eigenvalue weighted by Gasteiger charge is -2.13. The second kappa shape index (κ2) is 10.4. The van der Waals surface area contributed by atoms with Gasteiger partial charge in [0.1, 0.15) is 6.61 Å². The van der Waals surface area contributed by atoms with Gasteiger partial charge in [0.2, 0.25) is 5.90 Å². The molecule has 0 aromatic heterocycles. The van der Waals surface area contributed by atoms with Gasteiger partial charge < -0.3 is 14.2 Å². The second-order valence-corrected chi connectivity index (χ2v) is 8.46. The van der Waals surface area contributed by atoms with Crippen molar-refractivity contribution in [1.29, 1.82) is 0 Å². The van der Waals surface area contributed by atoms with Gasteiger partial charge in [-0.3, -0.25) is 10.1 Å². The molecule has 1 aliphatic rings. The summed E-state index contributed by atoms with van der Waals surface area (Å²) in [6.07, 6.45) is 1.49. The predicted octanol–water partition coefficient (Wildman–Crippen LogP) is 6.49. The van der Waals surface area contributed by atoms with Crippen LogP contribution in [0.15, 0.2) is 65.3 Å². The van der Waals surface area contributed by atoms with Crippen LogP contribution in [0.25, 0.3) is 6.08 Å². The fraction of sp³-hybridized carbons (Fsp3) is 0.0833. The molecule has 0 saturated carbocycles. The molecule has 11 heteroatoms. The zero-order chi connectivity index (χ0) is 25.1. The van der Waals surface area contributed by atoms with E-state index >= 15 is 0 Å². The molecule has 0 atom stereocenters. The third kappa shape index (κ3) is 5.57. The molecule has 0 radical (unpaired) electrons. The first-order valence-corrected chi connectivity index (χ1v) is 11.1. The highest BCUT2D eigenvalue weighted by Gasteiger charge is 2.26. The minimum absolute atomic E-state index is 0.0173. The molecule has 178 valence electrons. The third-order valence-corrected chi connectivity index (χ3v) is 5.70. The van der Waals surface area contributed by atoms with E-state index in [4.69, 9.17) is 49.0 Å². The molecule has 1 aliphatic heterocycles. The molecule has 4 rings (SSSR count). The van der Waals surface area contributed by atoms with Crippen molar-refractivity contribution >= 4 is 58.4 Å². The van der Waals surface area contributed by atoms with Crippen LogP contribution in [0.2, 0.25) is 15.1 Å². The molecule has 0 amide bonds. The van der Waals surface area contributed by atoms with Crippen LogP contribution in [0, 0.1) is 10.1 Å². The van der Waals surface area contributed by atoms with Crippen LogP contribution >= 0.6 is 34.8 Å². The Bertz CT molecular complexity index is 1390. The van der Waals surface area contributed by atoms with Crippen LogP contribution < -0.4 is 9.47 Å². The number of nitro groups is 1. The number of esters is 1. The van der Waals surface area contributed by atoms with Gasteiger partial charge in [-0.15, -0.1) is 0 Å². The molecule has 0 spiro atoms. The van der Waals surface area contributed by atoms with Gasteiger partial charge in [0.15, 0.2) is 17.2 Å². The minimum atomic E-state index is -0.653. The Morgan fingerprint density at radius 2 is 1.80 bits per heavy atom. The van der Waals surface area contributed by atoms with E-state index in [2.05, 4.69) is 4.99 Å². The Morgan fingerprint density at radius 1 is 1.06 bits per heavy atom. The number of aliphatic imine (C=N–C) groups is 1. The highest BCUT2D eigenvalue weighted by atomic mass is 35.5. The zero-order valence-electron chi connectivity index (χ0n) is 18.0. The van der Waals surface area contributed by atoms with Gasteiger partial charge >= 0.3 is 5.97 Å². The number of halogens is 3. The van der Waals surface area contributed by atoms with Gasteiger partial charge in [0.25, 0.3) is 5.69 Å². The highest BCUT2D eigenvalue weighted by Crippen LogP contribution is 2.38. The summed E-state index contributed by atoms with van der Waals surface area (Å²) in [6.45, 7) is 0.107. The smallest absolute Gasteiger partial charge is 0.363 e. The average molecular weight is 534 g/mol. The van der Waals surface area contributed by atoms with Crippen molar-refractivity contribution in [2.24, 2.45) is 4.99 Å². The van der Waals surface area contributed by atoms with Crippen molar-refractivity contribution in [1.82, 2.24) is 0 Å². The van der Waals surface area contributed by atoms with E-state index < -0.39 is 10.9 Å². The van der Waals surface area contributed by atoms with E-state index in [0.717, 1.165) is 0 Å². The minimum Gasteiger partial charge on any atom is -0.493 e. The van der Waals surface area contributed by atoms with Crippen molar-refractivity contribution in [3.63, 3.8) is 0 Å². The Balaban J connectivity index is 1.57. The van der Waals surface area contributed by atoms with Gasteiger partial charge in [-0.1, -0.05) is 34.8 Å². The van der Waals surface area contributed by atoms with E-state index in [-0.39, 0.29) is 34.7 Å². The van der Waals surface area contributed by atoms with Crippen LogP contribution in [0.1, 0.15) is 16.7 Å². The lowest BCUT2D eigenvalue weighted by atomic mass is 10.1. The number of hydrogen-bond donors (Lipinski definition) is 0. The van der Waals surface area contributed by atoms with Gasteiger partial charge in [0.05, 0.1) is 27.6 Å². The summed E-state index contributed by atoms with van der Waals surface area (Å²) < 4.78 is 16.5. The second-order valence-electron chi connectivity index (χ2n) is 7.21. The van der Waals surface area contributed by atoms with Crippen molar-refractivity contribution < 1.29 is 23.9 Å². The molecule has 35 heavy (non-hydrogen) atoms. The molecule has 0 N–H and O–H groups in total. The van der Waals surface area contributed by atoms with Crippen molar-refractivity contribution in [2.45, 2.75) is 6.61 Å². The maximum absolute atomic E-state index is 12.4. The predicted molar refractivity (Wildman–Crippen MR) is 133 cm³/mol. The quantitative estimate of drug-likeness (QED) is 0.149. The summed E-state index contributed by atoms with van der Waals surface area (Å²) in [6, 6.07) is 13.9. The summed E-state index contributed by atoms with van der Waals surface area (Å²) in [5.41, 5.74) is 1.68. The molecule has 3 aromatic carbocycles. The number of ether oxygens (including phenoxy) is 3. The third-order valence-electron chi connectivity index (χ3n) is 4.87. The van der Waals surface area contributed by atoms with Crippen LogP contribution in [0.5, 0.6) is 11.5 Å². The number of methoxy groups -OCH3 is 1. The Kier molecular flexibility index (Phi) is 7.25. The first kappa shape index (κ1) is 24.5. The number of nitrogens with zero attached hydrogens (tertiary/aromatic N) is 2. The molecule has 0 aliphatic carbocycles. The molecule has 0 unspecified atom stereocenters.